The Morgan fingerprint density at radius 2 is 0.800 bits per heavy atom. The van der Waals surface area contributed by atoms with Crippen molar-refractivity contribution in [3.63, 3.8) is 0 Å². The van der Waals surface area contributed by atoms with Crippen LogP contribution in [0, 0.1) is 0 Å². The maximum atomic E-state index is 4.70. The molecule has 1 aromatic rings. The molecule has 0 aliphatic carbocycles. The van der Waals surface area contributed by atoms with Gasteiger partial charge in [0, 0.05) is 39.3 Å². The maximum absolute atomic E-state index is 4.70. The van der Waals surface area contributed by atoms with E-state index in [1.807, 2.05) is 0 Å². The third-order valence-corrected chi connectivity index (χ3v) is 6.64. The van der Waals surface area contributed by atoms with Crippen molar-refractivity contribution < 1.29 is 39.0 Å². The van der Waals surface area contributed by atoms with Crippen LogP contribution in [-0.2, 0) is 52.0 Å². The van der Waals surface area contributed by atoms with Gasteiger partial charge >= 0.3 is 39.0 Å². The van der Waals surface area contributed by atoms with Gasteiger partial charge in [-0.2, -0.15) is 0 Å². The molecule has 4 aliphatic heterocycles. The van der Waals surface area contributed by atoms with Crippen LogP contribution in [-0.4, -0.2) is 62.2 Å². The van der Waals surface area contributed by atoms with Crippen LogP contribution in [0.2, 0.25) is 0 Å². The van der Waals surface area contributed by atoms with E-state index in [1.54, 1.807) is 0 Å². The van der Waals surface area contributed by atoms with E-state index in [4.69, 9.17) is 21.3 Å². The fourth-order valence-electron chi connectivity index (χ4n) is 4.86. The van der Waals surface area contributed by atoms with Gasteiger partial charge in [0.2, 0.25) is 0 Å². The summed E-state index contributed by atoms with van der Waals surface area (Å²) < 4.78 is 0. The number of benzene rings is 1. The molecule has 0 fully saturated rings. The summed E-state index contributed by atoms with van der Waals surface area (Å²) in [7, 11) is 0. The van der Waals surface area contributed by atoms with Crippen LogP contribution in [0.15, 0.2) is 120 Å². The Morgan fingerprint density at radius 3 is 1.07 bits per heavy atom. The second-order valence-corrected chi connectivity index (χ2v) is 9.82. The minimum absolute atomic E-state index is 0. The maximum Gasteiger partial charge on any atom is 2.00 e. The zero-order chi connectivity index (χ0) is 25.8. The quantitative estimate of drug-likeness (QED) is 0.243. The van der Waals surface area contributed by atoms with Gasteiger partial charge in [-0.05, 0) is 11.1 Å². The number of hydrogen-bond acceptors (Lipinski definition) is 2. The summed E-state index contributed by atoms with van der Waals surface area (Å²) in [5.41, 5.74) is 7.10. The average Bonchev–Trinajstić information content (AvgIpc) is 2.95. The molecule has 5 rings (SSSR count). The van der Waals surface area contributed by atoms with Crippen LogP contribution in [0.4, 0.5) is 0 Å². The number of rotatable bonds is 12. The Balaban J connectivity index is 0.00000220. The molecule has 40 heavy (non-hydrogen) atoms. The molecule has 6 nitrogen and oxygen atoms in total. The van der Waals surface area contributed by atoms with Crippen LogP contribution in [0.1, 0.15) is 11.1 Å². The fraction of sp³-hybridized carbons (Fsp3) is 0.312. The minimum Gasteiger partial charge on any atom is -0.684 e. The number of allylic oxidation sites excluding steroid dienone is 8. The Hall–Kier alpha value is -2.49. The van der Waals surface area contributed by atoms with Crippen molar-refractivity contribution in [1.29, 1.82) is 0 Å². The molecule has 4 heterocycles. The van der Waals surface area contributed by atoms with Crippen molar-refractivity contribution in [1.82, 2.24) is 9.80 Å². The van der Waals surface area contributed by atoms with Crippen LogP contribution in [0.3, 0.4) is 0 Å². The zero-order valence-electron chi connectivity index (χ0n) is 23.4. The molecular formula is C32H36N6Zn2. The van der Waals surface area contributed by atoms with E-state index in [-0.39, 0.29) is 39.0 Å². The summed E-state index contributed by atoms with van der Waals surface area (Å²) in [6, 6.07) is 8.98. The molecule has 4 aliphatic rings. The molecule has 0 aromatic heterocycles. The van der Waals surface area contributed by atoms with Crippen molar-refractivity contribution in [2.45, 2.75) is 13.1 Å². The number of hydrogen-bond donors (Lipinski definition) is 0. The third kappa shape index (κ3) is 10.5. The van der Waals surface area contributed by atoms with E-state index in [0.29, 0.717) is 0 Å². The molecule has 0 saturated heterocycles. The van der Waals surface area contributed by atoms with E-state index in [2.05, 4.69) is 107 Å². The van der Waals surface area contributed by atoms with Crippen molar-refractivity contribution in [3.05, 3.63) is 152 Å². The Morgan fingerprint density at radius 1 is 0.475 bits per heavy atom. The molecule has 0 amide bonds. The molecule has 0 bridgehead atoms. The van der Waals surface area contributed by atoms with Gasteiger partial charge in [-0.3, -0.25) is 9.80 Å². The molecule has 1 aromatic carbocycles. The van der Waals surface area contributed by atoms with Gasteiger partial charge in [0.1, 0.15) is 0 Å². The monoisotopic (exact) mass is 632 g/mol. The first-order valence-corrected chi connectivity index (χ1v) is 13.5. The van der Waals surface area contributed by atoms with Crippen LogP contribution in [0.25, 0.3) is 21.3 Å². The molecule has 0 spiro atoms. The van der Waals surface area contributed by atoms with Gasteiger partial charge < -0.3 is 21.3 Å². The smallest absolute Gasteiger partial charge is 0.684 e. The van der Waals surface area contributed by atoms with Crippen molar-refractivity contribution >= 4 is 0 Å². The van der Waals surface area contributed by atoms with Crippen molar-refractivity contribution in [2.75, 3.05) is 52.4 Å². The van der Waals surface area contributed by atoms with Gasteiger partial charge in [0.25, 0.3) is 0 Å². The van der Waals surface area contributed by atoms with E-state index in [1.165, 1.54) is 11.1 Å². The van der Waals surface area contributed by atoms with Crippen LogP contribution < -0.4 is 0 Å². The average molecular weight is 635 g/mol. The van der Waals surface area contributed by atoms with Gasteiger partial charge in [-0.15, -0.1) is 73.3 Å². The normalized spacial score (nSPS) is 17.2. The molecule has 0 unspecified atom stereocenters. The van der Waals surface area contributed by atoms with E-state index in [0.717, 1.165) is 88.2 Å². The first-order valence-electron chi connectivity index (χ1n) is 13.5. The van der Waals surface area contributed by atoms with Crippen molar-refractivity contribution in [2.24, 2.45) is 0 Å². The second-order valence-electron chi connectivity index (χ2n) is 9.82. The molecular weight excluding hydrogens is 599 g/mol. The van der Waals surface area contributed by atoms with Crippen LogP contribution >= 0.6 is 0 Å². The predicted octanol–water partition coefficient (Wildman–Crippen LogP) is 6.60. The topological polar surface area (TPSA) is 62.9 Å². The minimum atomic E-state index is 0. The van der Waals surface area contributed by atoms with Gasteiger partial charge in [-0.1, -0.05) is 72.9 Å². The summed E-state index contributed by atoms with van der Waals surface area (Å²) in [6.07, 6.45) is 25.3. The zero-order valence-corrected chi connectivity index (χ0v) is 29.3. The summed E-state index contributed by atoms with van der Waals surface area (Å²) in [6.45, 7) is 7.97. The molecule has 0 saturated carbocycles. The Kier molecular flexibility index (Phi) is 13.9. The van der Waals surface area contributed by atoms with Gasteiger partial charge in [0.05, 0.1) is 0 Å². The second kappa shape index (κ2) is 17.3. The largest absolute Gasteiger partial charge is 2.00 e. The molecule has 198 valence electrons. The summed E-state index contributed by atoms with van der Waals surface area (Å²) in [5.74, 6) is 0. The summed E-state index contributed by atoms with van der Waals surface area (Å²) in [4.78, 5) is 4.88. The first-order chi connectivity index (χ1) is 18.8. The standard InChI is InChI=1S/C32H36N6.2Zn/c1-5-16-33-29(12-1)23-37(24-30-13-2-6-17-34-30)21-27-10-9-11-28(20-27)22-38(25-31-14-3-7-18-35-31)26-32-15-4-8-19-36-32;;/h1-15,20H,16-19,21-26H2;;/q-4;2*+2. The van der Waals surface area contributed by atoms with Gasteiger partial charge in [-0.25, -0.2) is 0 Å². The molecule has 0 N–H and O–H groups in total. The van der Waals surface area contributed by atoms with Gasteiger partial charge in [0.15, 0.2) is 0 Å². The van der Waals surface area contributed by atoms with Crippen LogP contribution in [0.5, 0.6) is 0 Å². The third-order valence-electron chi connectivity index (χ3n) is 6.64. The summed E-state index contributed by atoms with van der Waals surface area (Å²) >= 11 is 0. The Labute approximate surface area is 265 Å². The summed E-state index contributed by atoms with van der Waals surface area (Å²) in [5, 5.41) is 18.8. The first kappa shape index (κ1) is 32.0. The molecule has 0 atom stereocenters. The SMILES string of the molecule is C1=CC[N-]C(CN(CC2=CC=CC[N-]2)Cc2cccc(CN(CC3=CC=CC[N-]3)CC3=CC=CC[N-]3)c2)=C1.[Zn+2].[Zn+2]. The molecule has 8 heteroatoms. The van der Waals surface area contributed by atoms with E-state index < -0.39 is 0 Å². The molecule has 0 radical (unpaired) electrons. The van der Waals surface area contributed by atoms with E-state index in [9.17, 15) is 0 Å². The fourth-order valence-corrected chi connectivity index (χ4v) is 4.86. The Bertz CT molecular complexity index is 1050. The van der Waals surface area contributed by atoms with Crippen molar-refractivity contribution in [3.8, 4) is 0 Å². The number of nitrogens with zero attached hydrogens (tertiary/aromatic N) is 6. The van der Waals surface area contributed by atoms with E-state index >= 15 is 0 Å². The predicted molar refractivity (Wildman–Crippen MR) is 159 cm³/mol.